The van der Waals surface area contributed by atoms with Gasteiger partial charge >= 0.3 is 0 Å². The second-order valence-electron chi connectivity index (χ2n) is 7.15. The number of likely N-dealkylation sites (tertiary alicyclic amines) is 1. The molecule has 2 fully saturated rings. The van der Waals surface area contributed by atoms with E-state index in [1.54, 1.807) is 6.07 Å². The van der Waals surface area contributed by atoms with Gasteiger partial charge in [0.15, 0.2) is 0 Å². The second-order valence-corrected chi connectivity index (χ2v) is 7.15. The van der Waals surface area contributed by atoms with Crippen LogP contribution in [-0.4, -0.2) is 54.0 Å². The largest absolute Gasteiger partial charge is 0.490 e. The van der Waals surface area contributed by atoms with Gasteiger partial charge in [0.05, 0.1) is 0 Å². The number of hydrogen-bond acceptors (Lipinski definition) is 3. The van der Waals surface area contributed by atoms with Crippen molar-refractivity contribution in [2.24, 2.45) is 0 Å². The third kappa shape index (κ3) is 3.67. The molecule has 0 spiro atoms. The van der Waals surface area contributed by atoms with Crippen LogP contribution in [0.2, 0.25) is 0 Å². The van der Waals surface area contributed by atoms with E-state index in [9.17, 15) is 13.6 Å². The molecule has 1 amide bonds. The average Bonchev–Trinajstić information content (AvgIpc) is 3.05. The predicted octanol–water partition coefficient (Wildman–Crippen LogP) is 3.17. The Kier molecular flexibility index (Phi) is 4.56. The molecule has 3 heterocycles. The average molecular weight is 363 g/mol. The van der Waals surface area contributed by atoms with Crippen LogP contribution in [0.5, 0.6) is 5.75 Å². The van der Waals surface area contributed by atoms with Crippen LogP contribution in [-0.2, 0) is 0 Å². The van der Waals surface area contributed by atoms with E-state index in [-0.39, 0.29) is 37.9 Å². The van der Waals surface area contributed by atoms with Gasteiger partial charge in [-0.15, -0.1) is 0 Å². The molecule has 0 unspecified atom stereocenters. The molecule has 2 aliphatic rings. The third-order valence-corrected chi connectivity index (χ3v) is 5.19. The lowest BCUT2D eigenvalue weighted by Crippen LogP contribution is -2.42. The maximum atomic E-state index is 13.3. The van der Waals surface area contributed by atoms with Crippen LogP contribution >= 0.6 is 0 Å². The number of carbonyl (C=O) groups excluding carboxylic acids is 1. The molecule has 0 aliphatic carbocycles. The maximum absolute atomic E-state index is 13.3. The van der Waals surface area contributed by atoms with Crippen molar-refractivity contribution in [1.29, 1.82) is 0 Å². The molecule has 0 bridgehead atoms. The quantitative estimate of drug-likeness (QED) is 0.881. The number of nitrogens with one attached hydrogen (secondary N) is 2. The topological polar surface area (TPSA) is 57.4 Å². The molecule has 0 atom stereocenters. The fraction of sp³-hybridized carbons (Fsp3) is 0.526. The molecular weight excluding hydrogens is 340 g/mol. The van der Waals surface area contributed by atoms with Gasteiger partial charge in [0.25, 0.3) is 11.8 Å². The number of aromatic nitrogens is 1. The molecule has 2 N–H and O–H groups in total. The molecule has 140 valence electrons. The van der Waals surface area contributed by atoms with Crippen LogP contribution < -0.4 is 10.1 Å². The molecule has 1 aromatic carbocycles. The zero-order valence-electron chi connectivity index (χ0n) is 14.6. The van der Waals surface area contributed by atoms with Gasteiger partial charge in [-0.1, -0.05) is 0 Å². The van der Waals surface area contributed by atoms with Crippen molar-refractivity contribution in [3.63, 3.8) is 0 Å². The Morgan fingerprint density at radius 3 is 2.62 bits per heavy atom. The number of hydrogen-bond donors (Lipinski definition) is 2. The summed E-state index contributed by atoms with van der Waals surface area (Å²) >= 11 is 0. The van der Waals surface area contributed by atoms with Gasteiger partial charge in [-0.05, 0) is 50.2 Å². The van der Waals surface area contributed by atoms with Gasteiger partial charge in [-0.2, -0.15) is 0 Å². The number of fused-ring (bicyclic) bond motifs is 1. The number of piperidine rings is 2. The van der Waals surface area contributed by atoms with Crippen molar-refractivity contribution in [3.8, 4) is 5.75 Å². The molecule has 26 heavy (non-hydrogen) atoms. The molecule has 2 aliphatic heterocycles. The Bertz CT molecular complexity index is 789. The van der Waals surface area contributed by atoms with Crippen molar-refractivity contribution in [2.45, 2.75) is 37.7 Å². The summed E-state index contributed by atoms with van der Waals surface area (Å²) in [4.78, 5) is 17.2. The first-order valence-electron chi connectivity index (χ1n) is 9.17. The van der Waals surface area contributed by atoms with Gasteiger partial charge < -0.3 is 19.9 Å². The number of carbonyl (C=O) groups is 1. The van der Waals surface area contributed by atoms with Crippen molar-refractivity contribution in [1.82, 2.24) is 15.2 Å². The van der Waals surface area contributed by atoms with Gasteiger partial charge in [0.2, 0.25) is 0 Å². The fourth-order valence-corrected chi connectivity index (χ4v) is 3.61. The summed E-state index contributed by atoms with van der Waals surface area (Å²) in [7, 11) is 0. The van der Waals surface area contributed by atoms with Crippen molar-refractivity contribution >= 4 is 16.8 Å². The van der Waals surface area contributed by atoms with Crippen LogP contribution in [0.3, 0.4) is 0 Å². The number of halogens is 2. The lowest BCUT2D eigenvalue weighted by molar-refractivity contribution is -0.0495. The molecular formula is C19H23F2N3O2. The minimum atomic E-state index is -2.65. The first kappa shape index (κ1) is 17.3. The summed E-state index contributed by atoms with van der Waals surface area (Å²) in [5.41, 5.74) is 1.28. The third-order valence-electron chi connectivity index (χ3n) is 5.19. The first-order valence-corrected chi connectivity index (χ1v) is 9.17. The highest BCUT2D eigenvalue weighted by molar-refractivity contribution is 5.98. The maximum Gasteiger partial charge on any atom is 0.270 e. The van der Waals surface area contributed by atoms with Gasteiger partial charge in [0, 0.05) is 36.8 Å². The van der Waals surface area contributed by atoms with E-state index >= 15 is 0 Å². The van der Waals surface area contributed by atoms with Gasteiger partial charge in [0.1, 0.15) is 17.5 Å². The number of amides is 1. The van der Waals surface area contributed by atoms with Crippen LogP contribution in [0, 0.1) is 0 Å². The van der Waals surface area contributed by atoms with Crippen LogP contribution in [0.15, 0.2) is 24.3 Å². The number of benzene rings is 1. The Morgan fingerprint density at radius 2 is 1.88 bits per heavy atom. The minimum absolute atomic E-state index is 0.0886. The van der Waals surface area contributed by atoms with E-state index < -0.39 is 5.92 Å². The zero-order valence-corrected chi connectivity index (χ0v) is 14.6. The van der Waals surface area contributed by atoms with E-state index in [2.05, 4.69) is 10.3 Å². The van der Waals surface area contributed by atoms with E-state index in [1.165, 1.54) is 4.90 Å². The number of ether oxygens (including phenoxy) is 1. The molecule has 2 aromatic rings. The van der Waals surface area contributed by atoms with E-state index in [0.29, 0.717) is 5.69 Å². The van der Waals surface area contributed by atoms with Crippen LogP contribution in [0.25, 0.3) is 10.9 Å². The monoisotopic (exact) mass is 363 g/mol. The molecule has 1 aromatic heterocycles. The van der Waals surface area contributed by atoms with Crippen LogP contribution in [0.1, 0.15) is 36.2 Å². The predicted molar refractivity (Wildman–Crippen MR) is 94.9 cm³/mol. The number of rotatable bonds is 3. The van der Waals surface area contributed by atoms with E-state index in [0.717, 1.165) is 42.6 Å². The summed E-state index contributed by atoms with van der Waals surface area (Å²) in [5.74, 6) is -2.09. The summed E-state index contributed by atoms with van der Waals surface area (Å²) in [6.07, 6.45) is 1.63. The van der Waals surface area contributed by atoms with Crippen molar-refractivity contribution in [2.75, 3.05) is 26.2 Å². The Balaban J connectivity index is 1.47. The van der Waals surface area contributed by atoms with E-state index in [4.69, 9.17) is 4.74 Å². The van der Waals surface area contributed by atoms with Crippen LogP contribution in [0.4, 0.5) is 8.78 Å². The normalized spacial score (nSPS) is 21.1. The highest BCUT2D eigenvalue weighted by atomic mass is 19.3. The lowest BCUT2D eigenvalue weighted by atomic mass is 10.1. The second kappa shape index (κ2) is 6.87. The summed E-state index contributed by atoms with van der Waals surface area (Å²) < 4.78 is 32.6. The summed E-state index contributed by atoms with van der Waals surface area (Å²) in [6, 6.07) is 7.50. The smallest absolute Gasteiger partial charge is 0.270 e. The molecule has 0 radical (unpaired) electrons. The highest BCUT2D eigenvalue weighted by Crippen LogP contribution is 2.29. The summed E-state index contributed by atoms with van der Waals surface area (Å²) in [5, 5.41) is 4.20. The fourth-order valence-electron chi connectivity index (χ4n) is 3.61. The SMILES string of the molecule is O=C(c1cc2cc(OC3CCNCC3)ccc2[nH]1)N1CCC(F)(F)CC1. The standard InChI is InChI=1S/C19H23F2N3O2/c20-19(21)5-9-24(10-6-19)18(25)17-12-13-11-15(1-2-16(13)23-17)26-14-3-7-22-8-4-14/h1-2,11-12,14,22-23H,3-10H2. The highest BCUT2D eigenvalue weighted by Gasteiger charge is 2.36. The number of nitrogens with zero attached hydrogens (tertiary/aromatic N) is 1. The Hall–Kier alpha value is -2.15. The molecule has 0 saturated carbocycles. The first-order chi connectivity index (χ1) is 12.5. The Labute approximate surface area is 150 Å². The molecule has 7 heteroatoms. The Morgan fingerprint density at radius 1 is 1.15 bits per heavy atom. The van der Waals surface area contributed by atoms with Crippen molar-refractivity contribution < 1.29 is 18.3 Å². The number of aromatic amines is 1. The number of alkyl halides is 2. The zero-order chi connectivity index (χ0) is 18.1. The minimum Gasteiger partial charge on any atom is -0.490 e. The van der Waals surface area contributed by atoms with Gasteiger partial charge in [-0.3, -0.25) is 4.79 Å². The summed E-state index contributed by atoms with van der Waals surface area (Å²) in [6.45, 7) is 2.10. The van der Waals surface area contributed by atoms with Gasteiger partial charge in [-0.25, -0.2) is 8.78 Å². The number of H-pyrrole nitrogens is 1. The molecule has 4 rings (SSSR count). The molecule has 2 saturated heterocycles. The van der Waals surface area contributed by atoms with E-state index in [1.807, 2.05) is 18.2 Å². The molecule has 5 nitrogen and oxygen atoms in total. The lowest BCUT2D eigenvalue weighted by Gasteiger charge is -2.31. The van der Waals surface area contributed by atoms with Crippen molar-refractivity contribution in [3.05, 3.63) is 30.0 Å².